The Bertz CT molecular complexity index is 702. The molecule has 0 spiro atoms. The lowest BCUT2D eigenvalue weighted by atomic mass is 10.2. The molecule has 1 fully saturated rings. The number of hydrogen-bond donors (Lipinski definition) is 0. The van der Waals surface area contributed by atoms with Crippen molar-refractivity contribution < 1.29 is 14.0 Å². The number of halogens is 1. The average Bonchev–Trinajstić information content (AvgIpc) is 2.87. The van der Waals surface area contributed by atoms with Crippen LogP contribution in [0.1, 0.15) is 27.3 Å². The smallest absolute Gasteiger partial charge is 0.289 e. The Labute approximate surface area is 142 Å². The average molecular weight is 378 g/mol. The normalized spacial score (nSPS) is 15.3. The SMILES string of the molecule is O=C(c1ccncc1)N1CCCN(C(=O)c2ccc(Br)o2)CC1. The molecule has 1 aliphatic heterocycles. The van der Waals surface area contributed by atoms with E-state index in [9.17, 15) is 9.59 Å². The molecule has 7 heteroatoms. The van der Waals surface area contributed by atoms with Crippen molar-refractivity contribution in [2.24, 2.45) is 0 Å². The van der Waals surface area contributed by atoms with Gasteiger partial charge in [0.25, 0.3) is 11.8 Å². The molecular formula is C16H16BrN3O3. The lowest BCUT2D eigenvalue weighted by Crippen LogP contribution is -2.37. The van der Waals surface area contributed by atoms with Crippen LogP contribution in [-0.4, -0.2) is 52.8 Å². The molecule has 1 aliphatic rings. The molecule has 2 aromatic rings. The number of amides is 2. The summed E-state index contributed by atoms with van der Waals surface area (Å²) in [5.41, 5.74) is 0.620. The van der Waals surface area contributed by atoms with E-state index in [1.54, 1.807) is 46.5 Å². The Morgan fingerprint density at radius 1 is 0.957 bits per heavy atom. The summed E-state index contributed by atoms with van der Waals surface area (Å²) in [7, 11) is 0. The molecule has 6 nitrogen and oxygen atoms in total. The summed E-state index contributed by atoms with van der Waals surface area (Å²) < 4.78 is 5.85. The van der Waals surface area contributed by atoms with Crippen molar-refractivity contribution in [2.45, 2.75) is 6.42 Å². The maximum absolute atomic E-state index is 12.5. The van der Waals surface area contributed by atoms with Crippen LogP contribution in [-0.2, 0) is 0 Å². The number of nitrogens with zero attached hydrogens (tertiary/aromatic N) is 3. The third-order valence-electron chi connectivity index (χ3n) is 3.78. The molecule has 0 aromatic carbocycles. The van der Waals surface area contributed by atoms with Crippen LogP contribution >= 0.6 is 15.9 Å². The Hall–Kier alpha value is -2.15. The summed E-state index contributed by atoms with van der Waals surface area (Å²) in [6.45, 7) is 2.24. The van der Waals surface area contributed by atoms with Gasteiger partial charge in [0.2, 0.25) is 0 Å². The minimum absolute atomic E-state index is 0.0255. The first kappa shape index (κ1) is 15.7. The third-order valence-corrected chi connectivity index (χ3v) is 4.21. The van der Waals surface area contributed by atoms with Crippen molar-refractivity contribution in [3.63, 3.8) is 0 Å². The minimum Gasteiger partial charge on any atom is -0.444 e. The maximum Gasteiger partial charge on any atom is 0.289 e. The second-order valence-corrected chi connectivity index (χ2v) is 6.06. The van der Waals surface area contributed by atoms with Crippen LogP contribution in [0.3, 0.4) is 0 Å². The van der Waals surface area contributed by atoms with E-state index < -0.39 is 0 Å². The number of aromatic nitrogens is 1. The molecule has 0 radical (unpaired) electrons. The lowest BCUT2D eigenvalue weighted by molar-refractivity contribution is 0.0699. The van der Waals surface area contributed by atoms with Crippen LogP contribution in [0.15, 0.2) is 45.7 Å². The van der Waals surface area contributed by atoms with E-state index in [1.165, 1.54) is 0 Å². The van der Waals surface area contributed by atoms with Crippen molar-refractivity contribution in [3.8, 4) is 0 Å². The van der Waals surface area contributed by atoms with E-state index >= 15 is 0 Å². The first-order valence-electron chi connectivity index (χ1n) is 7.39. The molecule has 2 aromatic heterocycles. The Kier molecular flexibility index (Phi) is 4.76. The van der Waals surface area contributed by atoms with Gasteiger partial charge in [-0.1, -0.05) is 0 Å². The van der Waals surface area contributed by atoms with E-state index in [0.717, 1.165) is 6.42 Å². The highest BCUT2D eigenvalue weighted by Gasteiger charge is 2.24. The topological polar surface area (TPSA) is 66.7 Å². The Morgan fingerprint density at radius 3 is 2.22 bits per heavy atom. The van der Waals surface area contributed by atoms with Crippen molar-refractivity contribution in [2.75, 3.05) is 26.2 Å². The molecule has 0 saturated carbocycles. The Morgan fingerprint density at radius 2 is 1.61 bits per heavy atom. The summed E-state index contributed by atoms with van der Waals surface area (Å²) in [5, 5.41) is 0. The predicted octanol–water partition coefficient (Wildman–Crippen LogP) is 2.43. The number of hydrogen-bond acceptors (Lipinski definition) is 4. The lowest BCUT2D eigenvalue weighted by Gasteiger charge is -2.21. The highest BCUT2D eigenvalue weighted by molar-refractivity contribution is 9.10. The highest BCUT2D eigenvalue weighted by atomic mass is 79.9. The molecule has 3 rings (SSSR count). The highest BCUT2D eigenvalue weighted by Crippen LogP contribution is 2.17. The molecule has 3 heterocycles. The standard InChI is InChI=1S/C16H16BrN3O3/c17-14-3-2-13(23-14)16(22)20-9-1-8-19(10-11-20)15(21)12-4-6-18-7-5-12/h2-7H,1,8-11H2. The van der Waals surface area contributed by atoms with Gasteiger partial charge in [-0.3, -0.25) is 14.6 Å². The summed E-state index contributed by atoms with van der Waals surface area (Å²) in [4.78, 5) is 32.3. The fraction of sp³-hybridized carbons (Fsp3) is 0.312. The van der Waals surface area contributed by atoms with Crippen LogP contribution in [0, 0.1) is 0 Å². The van der Waals surface area contributed by atoms with Gasteiger partial charge in [0.15, 0.2) is 10.4 Å². The third kappa shape index (κ3) is 3.61. The molecule has 120 valence electrons. The van der Waals surface area contributed by atoms with Crippen LogP contribution in [0.5, 0.6) is 0 Å². The van der Waals surface area contributed by atoms with Crippen LogP contribution in [0.4, 0.5) is 0 Å². The predicted molar refractivity (Wildman–Crippen MR) is 87.1 cm³/mol. The van der Waals surface area contributed by atoms with Gasteiger partial charge in [-0.2, -0.15) is 0 Å². The van der Waals surface area contributed by atoms with Gasteiger partial charge in [0, 0.05) is 44.1 Å². The quantitative estimate of drug-likeness (QED) is 0.805. The van der Waals surface area contributed by atoms with Crippen molar-refractivity contribution in [1.82, 2.24) is 14.8 Å². The van der Waals surface area contributed by atoms with Gasteiger partial charge in [0.1, 0.15) is 0 Å². The fourth-order valence-corrected chi connectivity index (χ4v) is 2.89. The van der Waals surface area contributed by atoms with Gasteiger partial charge >= 0.3 is 0 Å². The molecule has 0 aliphatic carbocycles. The zero-order chi connectivity index (χ0) is 16.2. The van der Waals surface area contributed by atoms with E-state index in [4.69, 9.17) is 4.42 Å². The van der Waals surface area contributed by atoms with E-state index in [0.29, 0.717) is 42.2 Å². The molecule has 0 atom stereocenters. The molecule has 0 N–H and O–H groups in total. The minimum atomic E-state index is -0.145. The second kappa shape index (κ2) is 6.95. The zero-order valence-corrected chi connectivity index (χ0v) is 14.0. The number of pyridine rings is 1. The van der Waals surface area contributed by atoms with Crippen LogP contribution in [0.2, 0.25) is 0 Å². The van der Waals surface area contributed by atoms with Crippen LogP contribution in [0.25, 0.3) is 0 Å². The van der Waals surface area contributed by atoms with Crippen molar-refractivity contribution in [3.05, 3.63) is 52.7 Å². The van der Waals surface area contributed by atoms with Crippen LogP contribution < -0.4 is 0 Å². The maximum atomic E-state index is 12.5. The summed E-state index contributed by atoms with van der Waals surface area (Å²) in [5.74, 6) is 0.141. The van der Waals surface area contributed by atoms with Gasteiger partial charge in [-0.05, 0) is 46.6 Å². The van der Waals surface area contributed by atoms with Gasteiger partial charge in [0.05, 0.1) is 0 Å². The molecular weight excluding hydrogens is 362 g/mol. The number of furan rings is 1. The van der Waals surface area contributed by atoms with Gasteiger partial charge in [-0.15, -0.1) is 0 Å². The molecule has 0 bridgehead atoms. The largest absolute Gasteiger partial charge is 0.444 e. The second-order valence-electron chi connectivity index (χ2n) is 5.28. The number of rotatable bonds is 2. The Balaban J connectivity index is 1.65. The summed E-state index contributed by atoms with van der Waals surface area (Å²) in [6.07, 6.45) is 3.95. The number of carbonyl (C=O) groups is 2. The molecule has 23 heavy (non-hydrogen) atoms. The fourth-order valence-electron chi connectivity index (χ4n) is 2.59. The van der Waals surface area contributed by atoms with Gasteiger partial charge < -0.3 is 14.2 Å². The monoisotopic (exact) mass is 377 g/mol. The molecule has 1 saturated heterocycles. The summed E-state index contributed by atoms with van der Waals surface area (Å²) in [6, 6.07) is 6.76. The van der Waals surface area contributed by atoms with E-state index in [-0.39, 0.29) is 11.8 Å². The van der Waals surface area contributed by atoms with Crippen molar-refractivity contribution in [1.29, 1.82) is 0 Å². The van der Waals surface area contributed by atoms with E-state index in [1.807, 2.05) is 0 Å². The van der Waals surface area contributed by atoms with E-state index in [2.05, 4.69) is 20.9 Å². The van der Waals surface area contributed by atoms with Gasteiger partial charge in [-0.25, -0.2) is 0 Å². The zero-order valence-electron chi connectivity index (χ0n) is 12.4. The van der Waals surface area contributed by atoms with Crippen molar-refractivity contribution >= 4 is 27.7 Å². The summed E-state index contributed by atoms with van der Waals surface area (Å²) >= 11 is 3.20. The first-order valence-corrected chi connectivity index (χ1v) is 8.18. The molecule has 2 amide bonds. The first-order chi connectivity index (χ1) is 11.1. The number of carbonyl (C=O) groups excluding carboxylic acids is 2. The molecule has 0 unspecified atom stereocenters.